The van der Waals surface area contributed by atoms with Crippen molar-refractivity contribution >= 4 is 21.8 Å². The Kier molecular flexibility index (Phi) is 6.01. The average molecular weight is 368 g/mol. The van der Waals surface area contributed by atoms with Crippen molar-refractivity contribution in [1.82, 2.24) is 10.2 Å². The van der Waals surface area contributed by atoms with Gasteiger partial charge < -0.3 is 11.1 Å². The highest BCUT2D eigenvalue weighted by Crippen LogP contribution is 2.20. The topological polar surface area (TPSA) is 58.4 Å². The molecule has 1 aromatic carbocycles. The number of likely N-dealkylation sites (tertiary alicyclic amines) is 1. The second-order valence-corrected chi connectivity index (χ2v) is 7.26. The van der Waals surface area contributed by atoms with E-state index in [2.05, 4.69) is 33.1 Å². The Hall–Kier alpha value is -0.910. The molecule has 1 saturated heterocycles. The van der Waals surface area contributed by atoms with Gasteiger partial charge in [-0.25, -0.2) is 0 Å². The Balaban J connectivity index is 1.86. The zero-order chi connectivity index (χ0) is 16.2. The molecule has 2 atom stereocenters. The van der Waals surface area contributed by atoms with Crippen LogP contribution in [0.15, 0.2) is 28.7 Å². The van der Waals surface area contributed by atoms with Gasteiger partial charge in [0.25, 0.3) is 0 Å². The molecule has 1 aliphatic heterocycles. The monoisotopic (exact) mass is 367 g/mol. The lowest BCUT2D eigenvalue weighted by Gasteiger charge is -2.33. The van der Waals surface area contributed by atoms with Crippen LogP contribution in [0, 0.1) is 0 Å². The number of amides is 1. The van der Waals surface area contributed by atoms with E-state index in [-0.39, 0.29) is 5.91 Å². The SMILES string of the molecule is CC1CCCCN1CCNC(=O)C(C)(N)c1ccc(Br)cc1. The van der Waals surface area contributed by atoms with Crippen LogP contribution < -0.4 is 11.1 Å². The molecule has 1 amide bonds. The van der Waals surface area contributed by atoms with Crippen LogP contribution in [0.5, 0.6) is 0 Å². The summed E-state index contributed by atoms with van der Waals surface area (Å²) in [4.78, 5) is 14.8. The second kappa shape index (κ2) is 7.57. The van der Waals surface area contributed by atoms with Crippen molar-refractivity contribution in [2.75, 3.05) is 19.6 Å². The van der Waals surface area contributed by atoms with E-state index >= 15 is 0 Å². The van der Waals surface area contributed by atoms with Crippen LogP contribution in [0.25, 0.3) is 0 Å². The number of hydrogen-bond acceptors (Lipinski definition) is 3. The summed E-state index contributed by atoms with van der Waals surface area (Å²) < 4.78 is 0.978. The van der Waals surface area contributed by atoms with Crippen molar-refractivity contribution in [3.8, 4) is 0 Å². The minimum atomic E-state index is -1.01. The summed E-state index contributed by atoms with van der Waals surface area (Å²) in [5, 5.41) is 2.99. The molecule has 5 heteroatoms. The standard InChI is InChI=1S/C17H26BrN3O/c1-13-5-3-4-11-21(13)12-10-20-16(22)17(2,19)14-6-8-15(18)9-7-14/h6-9,13H,3-5,10-12,19H2,1-2H3,(H,20,22). The predicted molar refractivity (Wildman–Crippen MR) is 93.6 cm³/mol. The number of nitrogens with one attached hydrogen (secondary N) is 1. The number of halogens is 1. The zero-order valence-electron chi connectivity index (χ0n) is 13.4. The van der Waals surface area contributed by atoms with E-state index in [9.17, 15) is 4.79 Å². The maximum absolute atomic E-state index is 12.4. The Morgan fingerprint density at radius 1 is 1.41 bits per heavy atom. The summed E-state index contributed by atoms with van der Waals surface area (Å²) >= 11 is 3.39. The molecule has 0 radical (unpaired) electrons. The molecule has 1 fully saturated rings. The zero-order valence-corrected chi connectivity index (χ0v) is 15.0. The quantitative estimate of drug-likeness (QED) is 0.840. The maximum Gasteiger partial charge on any atom is 0.244 e. The van der Waals surface area contributed by atoms with E-state index in [4.69, 9.17) is 5.73 Å². The molecule has 1 aliphatic rings. The van der Waals surface area contributed by atoms with Crippen LogP contribution >= 0.6 is 15.9 Å². The molecule has 2 rings (SSSR count). The lowest BCUT2D eigenvalue weighted by atomic mass is 9.92. The third kappa shape index (κ3) is 4.31. The molecule has 1 heterocycles. The van der Waals surface area contributed by atoms with Crippen LogP contribution in [0.1, 0.15) is 38.7 Å². The van der Waals surface area contributed by atoms with Crippen molar-refractivity contribution in [3.05, 3.63) is 34.3 Å². The second-order valence-electron chi connectivity index (χ2n) is 6.35. The van der Waals surface area contributed by atoms with Gasteiger partial charge in [-0.2, -0.15) is 0 Å². The molecule has 0 spiro atoms. The Labute approximate surface area is 141 Å². The summed E-state index contributed by atoms with van der Waals surface area (Å²) in [5.74, 6) is -0.125. The molecular formula is C17H26BrN3O. The van der Waals surface area contributed by atoms with Gasteiger partial charge >= 0.3 is 0 Å². The molecule has 1 aromatic rings. The Bertz CT molecular complexity index is 501. The molecular weight excluding hydrogens is 342 g/mol. The van der Waals surface area contributed by atoms with Gasteiger partial charge in [0.2, 0.25) is 5.91 Å². The molecule has 0 aliphatic carbocycles. The lowest BCUT2D eigenvalue weighted by Crippen LogP contribution is -2.51. The predicted octanol–water partition coefficient (Wildman–Crippen LogP) is 2.61. The minimum Gasteiger partial charge on any atom is -0.353 e. The molecule has 2 unspecified atom stereocenters. The first kappa shape index (κ1) is 17.4. The fourth-order valence-corrected chi connectivity index (χ4v) is 3.18. The largest absolute Gasteiger partial charge is 0.353 e. The van der Waals surface area contributed by atoms with Gasteiger partial charge in [-0.1, -0.05) is 34.5 Å². The van der Waals surface area contributed by atoms with Crippen molar-refractivity contribution in [3.63, 3.8) is 0 Å². The number of carbonyl (C=O) groups excluding carboxylic acids is 1. The van der Waals surface area contributed by atoms with Crippen molar-refractivity contribution in [2.24, 2.45) is 5.73 Å². The lowest BCUT2D eigenvalue weighted by molar-refractivity contribution is -0.126. The maximum atomic E-state index is 12.4. The third-order valence-corrected chi connectivity index (χ3v) is 5.07. The number of hydrogen-bond donors (Lipinski definition) is 2. The molecule has 122 valence electrons. The van der Waals surface area contributed by atoms with E-state index in [1.165, 1.54) is 19.3 Å². The van der Waals surface area contributed by atoms with Gasteiger partial charge in [-0.15, -0.1) is 0 Å². The van der Waals surface area contributed by atoms with Gasteiger partial charge in [-0.3, -0.25) is 9.69 Å². The molecule has 22 heavy (non-hydrogen) atoms. The fraction of sp³-hybridized carbons (Fsp3) is 0.588. The Morgan fingerprint density at radius 3 is 2.73 bits per heavy atom. The average Bonchev–Trinajstić information content (AvgIpc) is 2.49. The van der Waals surface area contributed by atoms with Crippen LogP contribution in [0.3, 0.4) is 0 Å². The highest BCUT2D eigenvalue weighted by Gasteiger charge is 2.30. The van der Waals surface area contributed by atoms with Crippen LogP contribution in [-0.2, 0) is 10.3 Å². The van der Waals surface area contributed by atoms with Crippen molar-refractivity contribution < 1.29 is 4.79 Å². The smallest absolute Gasteiger partial charge is 0.244 e. The molecule has 0 bridgehead atoms. The normalized spacial score (nSPS) is 22.1. The minimum absolute atomic E-state index is 0.125. The molecule has 0 saturated carbocycles. The van der Waals surface area contributed by atoms with Gasteiger partial charge in [-0.05, 0) is 50.9 Å². The van der Waals surface area contributed by atoms with Gasteiger partial charge in [0, 0.05) is 23.6 Å². The molecule has 4 nitrogen and oxygen atoms in total. The number of carbonyl (C=O) groups is 1. The summed E-state index contributed by atoms with van der Waals surface area (Å²) in [6.45, 7) is 6.68. The first-order chi connectivity index (χ1) is 10.4. The van der Waals surface area contributed by atoms with E-state index < -0.39 is 5.54 Å². The number of piperidine rings is 1. The molecule has 0 aromatic heterocycles. The first-order valence-corrected chi connectivity index (χ1v) is 8.78. The van der Waals surface area contributed by atoms with E-state index in [0.717, 1.165) is 23.1 Å². The molecule has 3 N–H and O–H groups in total. The van der Waals surface area contributed by atoms with E-state index in [1.54, 1.807) is 6.92 Å². The number of benzene rings is 1. The summed E-state index contributed by atoms with van der Waals surface area (Å²) in [7, 11) is 0. The van der Waals surface area contributed by atoms with E-state index in [1.807, 2.05) is 24.3 Å². The number of nitrogens with zero attached hydrogens (tertiary/aromatic N) is 1. The van der Waals surface area contributed by atoms with Crippen LogP contribution in [0.4, 0.5) is 0 Å². The Morgan fingerprint density at radius 2 is 2.09 bits per heavy atom. The highest BCUT2D eigenvalue weighted by molar-refractivity contribution is 9.10. The highest BCUT2D eigenvalue weighted by atomic mass is 79.9. The fourth-order valence-electron chi connectivity index (χ4n) is 2.91. The van der Waals surface area contributed by atoms with Gasteiger partial charge in [0.1, 0.15) is 5.54 Å². The number of nitrogens with two attached hydrogens (primary N) is 1. The summed E-state index contributed by atoms with van der Waals surface area (Å²) in [6.07, 6.45) is 3.82. The number of rotatable bonds is 5. The van der Waals surface area contributed by atoms with Crippen LogP contribution in [-0.4, -0.2) is 36.5 Å². The van der Waals surface area contributed by atoms with Crippen molar-refractivity contribution in [2.45, 2.75) is 44.7 Å². The first-order valence-electron chi connectivity index (χ1n) is 7.98. The third-order valence-electron chi connectivity index (χ3n) is 4.54. The summed E-state index contributed by atoms with van der Waals surface area (Å²) in [6, 6.07) is 8.19. The van der Waals surface area contributed by atoms with E-state index in [0.29, 0.717) is 12.6 Å². The van der Waals surface area contributed by atoms with Crippen LogP contribution in [0.2, 0.25) is 0 Å². The summed E-state index contributed by atoms with van der Waals surface area (Å²) in [5.41, 5.74) is 6.05. The van der Waals surface area contributed by atoms with Gasteiger partial charge in [0.15, 0.2) is 0 Å². The van der Waals surface area contributed by atoms with Crippen molar-refractivity contribution in [1.29, 1.82) is 0 Å². The van der Waals surface area contributed by atoms with Gasteiger partial charge in [0.05, 0.1) is 0 Å².